The maximum absolute atomic E-state index is 4.16. The summed E-state index contributed by atoms with van der Waals surface area (Å²) >= 11 is 0. The van der Waals surface area contributed by atoms with Crippen LogP contribution in [0.25, 0.3) is 0 Å². The van der Waals surface area contributed by atoms with Gasteiger partial charge in [0.25, 0.3) is 0 Å². The molecule has 0 nitrogen and oxygen atoms in total. The molecule has 0 N–H and O–H groups in total. The van der Waals surface area contributed by atoms with Crippen LogP contribution in [0.3, 0.4) is 0 Å². The van der Waals surface area contributed by atoms with Crippen molar-refractivity contribution >= 4 is 0 Å². The van der Waals surface area contributed by atoms with Crippen molar-refractivity contribution in [3.05, 3.63) is 23.8 Å². The summed E-state index contributed by atoms with van der Waals surface area (Å²) in [5.74, 6) is 4.70. The Hall–Kier alpha value is -0.520. The van der Waals surface area contributed by atoms with E-state index in [4.69, 9.17) is 0 Å². The van der Waals surface area contributed by atoms with Crippen LogP contribution in [0.15, 0.2) is 23.8 Å². The normalized spacial score (nSPS) is 44.4. The van der Waals surface area contributed by atoms with Gasteiger partial charge in [0.1, 0.15) is 0 Å². The minimum atomic E-state index is 0.582. The van der Waals surface area contributed by atoms with Crippen LogP contribution in [0.1, 0.15) is 91.9 Å². The Morgan fingerprint density at radius 2 is 1.83 bits per heavy atom. The number of rotatable bonds is 1. The molecule has 0 heteroatoms. The van der Waals surface area contributed by atoms with Gasteiger partial charge in [-0.1, -0.05) is 51.3 Å². The largest absolute Gasteiger partial charge is 0.103 e. The molecule has 0 saturated heterocycles. The average molecular weight is 329 g/mol. The zero-order chi connectivity index (χ0) is 17.3. The molecule has 2 saturated carbocycles. The van der Waals surface area contributed by atoms with Crippen molar-refractivity contribution in [1.29, 1.82) is 0 Å². The minimum absolute atomic E-state index is 0.582. The highest BCUT2D eigenvalue weighted by molar-refractivity contribution is 5.26. The van der Waals surface area contributed by atoms with Gasteiger partial charge in [0.05, 0.1) is 0 Å². The summed E-state index contributed by atoms with van der Waals surface area (Å²) < 4.78 is 0. The maximum atomic E-state index is 4.16. The number of fused-ring (bicyclic) bond motifs is 4. The lowest BCUT2D eigenvalue weighted by Crippen LogP contribution is -2.43. The van der Waals surface area contributed by atoms with E-state index >= 15 is 0 Å². The van der Waals surface area contributed by atoms with Crippen LogP contribution in [0.5, 0.6) is 0 Å². The lowest BCUT2D eigenvalue weighted by molar-refractivity contribution is 0.0254. The smallest absolute Gasteiger partial charge is 0.0169 e. The van der Waals surface area contributed by atoms with Gasteiger partial charge < -0.3 is 0 Å². The van der Waals surface area contributed by atoms with Crippen molar-refractivity contribution in [3.63, 3.8) is 0 Å². The zero-order valence-electron chi connectivity index (χ0n) is 16.7. The molecular formula is C24H40. The third kappa shape index (κ3) is 2.93. The summed E-state index contributed by atoms with van der Waals surface area (Å²) in [5, 5.41) is 0. The van der Waals surface area contributed by atoms with Gasteiger partial charge in [-0.3, -0.25) is 0 Å². The molecular weight excluding hydrogens is 288 g/mol. The van der Waals surface area contributed by atoms with Crippen molar-refractivity contribution in [2.75, 3.05) is 0 Å². The number of allylic oxidation sites excluding steroid dienone is 3. The van der Waals surface area contributed by atoms with Gasteiger partial charge in [-0.15, -0.1) is 6.58 Å². The summed E-state index contributed by atoms with van der Waals surface area (Å²) in [6.45, 7) is 13.2. The highest BCUT2D eigenvalue weighted by Gasteiger charge is 2.54. The summed E-state index contributed by atoms with van der Waals surface area (Å²) in [7, 11) is 0. The van der Waals surface area contributed by atoms with Crippen molar-refractivity contribution in [1.82, 2.24) is 0 Å². The highest BCUT2D eigenvalue weighted by Crippen LogP contribution is 2.63. The van der Waals surface area contributed by atoms with Crippen molar-refractivity contribution in [2.24, 2.45) is 35.0 Å². The molecule has 4 rings (SSSR count). The van der Waals surface area contributed by atoms with E-state index in [0.29, 0.717) is 5.41 Å². The number of hydrogen-bond donors (Lipinski definition) is 0. The van der Waals surface area contributed by atoms with Crippen LogP contribution < -0.4 is 0 Å². The maximum Gasteiger partial charge on any atom is -0.0169 e. The summed E-state index contributed by atoms with van der Waals surface area (Å²) in [6, 6.07) is 0. The van der Waals surface area contributed by atoms with E-state index < -0.39 is 0 Å². The standard InChI is InChI=1S/C22H34.C2H6/c1-4-17-9-11-21-20-10-8-16-14-15(2)6-5-7-18(16)19(20)12-13-22(17,21)3;1-2/h4,15,17,19-21H,1,5-14H2,2-3H3;1-2H3/t15-,17?,19?,20?,21?,22+;/m0./s1. The average Bonchev–Trinajstić information content (AvgIpc) is 2.82. The quantitative estimate of drug-likeness (QED) is 0.436. The van der Waals surface area contributed by atoms with Crippen LogP contribution >= 0.6 is 0 Å². The zero-order valence-corrected chi connectivity index (χ0v) is 16.7. The van der Waals surface area contributed by atoms with Gasteiger partial charge in [0.2, 0.25) is 0 Å². The van der Waals surface area contributed by atoms with E-state index in [9.17, 15) is 0 Å². The Labute approximate surface area is 151 Å². The fourth-order valence-electron chi connectivity index (χ4n) is 7.07. The Morgan fingerprint density at radius 3 is 2.58 bits per heavy atom. The molecule has 0 spiro atoms. The van der Waals surface area contributed by atoms with E-state index in [1.54, 1.807) is 0 Å². The van der Waals surface area contributed by atoms with Crippen LogP contribution in [-0.2, 0) is 0 Å². The van der Waals surface area contributed by atoms with Crippen LogP contribution in [0.2, 0.25) is 0 Å². The molecule has 4 aliphatic rings. The van der Waals surface area contributed by atoms with Crippen molar-refractivity contribution < 1.29 is 0 Å². The second-order valence-electron chi connectivity index (χ2n) is 9.21. The first-order chi connectivity index (χ1) is 11.6. The molecule has 0 amide bonds. The van der Waals surface area contributed by atoms with Gasteiger partial charge >= 0.3 is 0 Å². The topological polar surface area (TPSA) is 0 Å². The van der Waals surface area contributed by atoms with Gasteiger partial charge in [-0.05, 0) is 92.8 Å². The Kier molecular flexibility index (Phi) is 5.62. The molecule has 2 fully saturated rings. The lowest BCUT2D eigenvalue weighted by Gasteiger charge is -2.51. The third-order valence-corrected chi connectivity index (χ3v) is 8.21. The Morgan fingerprint density at radius 1 is 1.04 bits per heavy atom. The van der Waals surface area contributed by atoms with E-state index in [1.807, 2.05) is 25.0 Å². The van der Waals surface area contributed by atoms with Crippen LogP contribution in [-0.4, -0.2) is 0 Å². The molecule has 4 aliphatic carbocycles. The number of hydrogen-bond acceptors (Lipinski definition) is 0. The van der Waals surface area contributed by atoms with E-state index in [0.717, 1.165) is 29.6 Å². The fraction of sp³-hybridized carbons (Fsp3) is 0.833. The molecule has 6 atom stereocenters. The molecule has 24 heavy (non-hydrogen) atoms. The molecule has 0 aromatic heterocycles. The predicted octanol–water partition coefficient (Wildman–Crippen LogP) is 7.56. The molecule has 0 bridgehead atoms. The molecule has 0 heterocycles. The second-order valence-corrected chi connectivity index (χ2v) is 9.21. The van der Waals surface area contributed by atoms with E-state index in [1.165, 1.54) is 64.2 Å². The second kappa shape index (κ2) is 7.38. The molecule has 0 aliphatic heterocycles. The van der Waals surface area contributed by atoms with E-state index in [2.05, 4.69) is 26.5 Å². The Balaban J connectivity index is 0.000000815. The molecule has 0 radical (unpaired) electrons. The third-order valence-electron chi connectivity index (χ3n) is 8.21. The highest BCUT2D eigenvalue weighted by atomic mass is 14.6. The summed E-state index contributed by atoms with van der Waals surface area (Å²) in [4.78, 5) is 0. The van der Waals surface area contributed by atoms with Crippen LogP contribution in [0, 0.1) is 35.0 Å². The van der Waals surface area contributed by atoms with Gasteiger partial charge in [-0.25, -0.2) is 0 Å². The Bertz CT molecular complexity index is 484. The predicted molar refractivity (Wildman–Crippen MR) is 106 cm³/mol. The van der Waals surface area contributed by atoms with Gasteiger partial charge in [0, 0.05) is 0 Å². The van der Waals surface area contributed by atoms with Gasteiger partial charge in [-0.2, -0.15) is 0 Å². The van der Waals surface area contributed by atoms with E-state index in [-0.39, 0.29) is 0 Å². The monoisotopic (exact) mass is 328 g/mol. The molecule has 0 aromatic rings. The van der Waals surface area contributed by atoms with Gasteiger partial charge in [0.15, 0.2) is 0 Å². The summed E-state index contributed by atoms with van der Waals surface area (Å²) in [5.41, 5.74) is 4.46. The minimum Gasteiger partial charge on any atom is -0.103 e. The molecule has 136 valence electrons. The first-order valence-corrected chi connectivity index (χ1v) is 11.0. The summed E-state index contributed by atoms with van der Waals surface area (Å²) in [6.07, 6.45) is 16.9. The lowest BCUT2D eigenvalue weighted by atomic mass is 9.54. The fourth-order valence-corrected chi connectivity index (χ4v) is 7.07. The SMILES string of the molecule is C=CC1CCC2C3CCC4=C(CCC[C@H](C)C4)C3CC[C@]12C.CC. The molecule has 4 unspecified atom stereocenters. The van der Waals surface area contributed by atoms with Crippen molar-refractivity contribution in [2.45, 2.75) is 91.9 Å². The first-order valence-electron chi connectivity index (χ1n) is 11.0. The van der Waals surface area contributed by atoms with Crippen LogP contribution in [0.4, 0.5) is 0 Å². The first kappa shape index (κ1) is 18.3. The van der Waals surface area contributed by atoms with Crippen molar-refractivity contribution in [3.8, 4) is 0 Å². The molecule has 0 aromatic carbocycles.